The largest absolute Gasteiger partial charge is 0.337 e. The van der Waals surface area contributed by atoms with Gasteiger partial charge in [0.25, 0.3) is 5.91 Å². The van der Waals surface area contributed by atoms with Gasteiger partial charge in [-0.25, -0.2) is 9.59 Å². The van der Waals surface area contributed by atoms with Crippen molar-refractivity contribution in [2.75, 3.05) is 11.9 Å². The number of hydrogen-bond acceptors (Lipinski definition) is 3. The van der Waals surface area contributed by atoms with Crippen molar-refractivity contribution >= 4 is 23.7 Å². The predicted octanol–water partition coefficient (Wildman–Crippen LogP) is 2.06. The molecule has 7 nitrogen and oxygen atoms in total. The molecule has 0 unspecified atom stereocenters. The second kappa shape index (κ2) is 6.74. The molecule has 1 aliphatic heterocycles. The summed E-state index contributed by atoms with van der Waals surface area (Å²) in [6.45, 7) is 4.46. The van der Waals surface area contributed by atoms with Gasteiger partial charge in [0.15, 0.2) is 0 Å². The normalized spacial score (nSPS) is 25.0. The van der Waals surface area contributed by atoms with Crippen LogP contribution in [0.4, 0.5) is 15.3 Å². The van der Waals surface area contributed by atoms with Gasteiger partial charge in [-0.05, 0) is 49.4 Å². The summed E-state index contributed by atoms with van der Waals surface area (Å²) < 4.78 is 0. The van der Waals surface area contributed by atoms with Crippen LogP contribution in [0.3, 0.4) is 0 Å². The molecule has 5 amide bonds. The van der Waals surface area contributed by atoms with Gasteiger partial charge in [0.2, 0.25) is 0 Å². The maximum absolute atomic E-state index is 12.2. The third kappa shape index (κ3) is 3.31. The molecule has 1 saturated heterocycles. The van der Waals surface area contributed by atoms with Gasteiger partial charge in [-0.1, -0.05) is 19.4 Å². The first-order valence-electron chi connectivity index (χ1n) is 8.72. The zero-order valence-corrected chi connectivity index (χ0v) is 14.6. The summed E-state index contributed by atoms with van der Waals surface area (Å²) in [4.78, 5) is 35.8. The van der Waals surface area contributed by atoms with Crippen molar-refractivity contribution in [1.82, 2.24) is 16.0 Å². The van der Waals surface area contributed by atoms with Crippen molar-refractivity contribution in [3.8, 4) is 0 Å². The summed E-state index contributed by atoms with van der Waals surface area (Å²) in [6.07, 6.45) is 3.15. The van der Waals surface area contributed by atoms with Crippen molar-refractivity contribution in [3.05, 3.63) is 29.3 Å². The lowest BCUT2D eigenvalue weighted by Gasteiger charge is -2.28. The van der Waals surface area contributed by atoms with Gasteiger partial charge in [-0.3, -0.25) is 10.1 Å². The fourth-order valence-electron chi connectivity index (χ4n) is 3.84. The third-order valence-corrected chi connectivity index (χ3v) is 5.29. The zero-order chi connectivity index (χ0) is 18.0. The molecule has 7 heteroatoms. The van der Waals surface area contributed by atoms with E-state index in [1.54, 1.807) is 0 Å². The Balaban J connectivity index is 1.59. The number of nitrogens with one attached hydrogen (secondary N) is 4. The minimum atomic E-state index is -0.871. The Bertz CT molecular complexity index is 718. The van der Waals surface area contributed by atoms with E-state index in [9.17, 15) is 14.4 Å². The number of rotatable bonds is 4. The van der Waals surface area contributed by atoms with Crippen LogP contribution >= 0.6 is 0 Å². The number of amides is 5. The lowest BCUT2D eigenvalue weighted by molar-refractivity contribution is -0.125. The van der Waals surface area contributed by atoms with Gasteiger partial charge in [-0.2, -0.15) is 0 Å². The zero-order valence-electron chi connectivity index (χ0n) is 14.6. The van der Waals surface area contributed by atoms with E-state index >= 15 is 0 Å². The highest BCUT2D eigenvalue weighted by Crippen LogP contribution is 2.37. The second-order valence-corrected chi connectivity index (χ2v) is 6.80. The summed E-state index contributed by atoms with van der Waals surface area (Å²) in [5.74, 6) is -0.387. The predicted molar refractivity (Wildman–Crippen MR) is 94.3 cm³/mol. The molecule has 134 valence electrons. The van der Waals surface area contributed by atoms with Gasteiger partial charge in [0.1, 0.15) is 5.54 Å². The molecule has 2 fully saturated rings. The number of benzene rings is 1. The van der Waals surface area contributed by atoms with Crippen LogP contribution in [0.15, 0.2) is 18.2 Å². The highest BCUT2D eigenvalue weighted by Gasteiger charge is 2.54. The van der Waals surface area contributed by atoms with Crippen molar-refractivity contribution in [3.63, 3.8) is 0 Å². The van der Waals surface area contributed by atoms with Crippen LogP contribution in [0.1, 0.15) is 37.3 Å². The number of imide groups is 1. The maximum atomic E-state index is 12.2. The Morgan fingerprint density at radius 2 is 2.16 bits per heavy atom. The van der Waals surface area contributed by atoms with Gasteiger partial charge >= 0.3 is 12.1 Å². The molecule has 1 heterocycles. The van der Waals surface area contributed by atoms with Crippen molar-refractivity contribution in [2.24, 2.45) is 5.92 Å². The summed E-state index contributed by atoms with van der Waals surface area (Å²) in [5.41, 5.74) is 2.26. The molecule has 1 spiro atoms. The number of anilines is 1. The first kappa shape index (κ1) is 17.3. The first-order chi connectivity index (χ1) is 11.9. The standard InChI is InChI=1S/C18H24N4O3/c1-3-12-9-14(7-6-11(12)2)20-16(24)19-10-13-5-4-8-18(13)15(23)21-17(25)22-18/h6-7,9,13H,3-5,8,10H2,1-2H3,(H2,19,20,24)(H2,21,22,23,25)/t13-,18-/m0/s1. The molecule has 1 aromatic carbocycles. The van der Waals surface area contributed by atoms with Crippen LogP contribution in [-0.4, -0.2) is 30.1 Å². The molecule has 0 aromatic heterocycles. The van der Waals surface area contributed by atoms with Gasteiger partial charge < -0.3 is 16.0 Å². The third-order valence-electron chi connectivity index (χ3n) is 5.29. The van der Waals surface area contributed by atoms with Crippen LogP contribution in [0.2, 0.25) is 0 Å². The quantitative estimate of drug-likeness (QED) is 0.629. The molecule has 25 heavy (non-hydrogen) atoms. The van der Waals surface area contributed by atoms with E-state index in [4.69, 9.17) is 0 Å². The summed E-state index contributed by atoms with van der Waals surface area (Å²) in [6, 6.07) is 5.07. The Morgan fingerprint density at radius 3 is 2.84 bits per heavy atom. The molecule has 1 aliphatic carbocycles. The molecule has 2 aliphatic rings. The Labute approximate surface area is 146 Å². The van der Waals surface area contributed by atoms with Crippen LogP contribution in [0, 0.1) is 12.8 Å². The van der Waals surface area contributed by atoms with Crippen molar-refractivity contribution in [1.29, 1.82) is 0 Å². The average molecular weight is 344 g/mol. The van der Waals surface area contributed by atoms with E-state index in [2.05, 4.69) is 28.2 Å². The summed E-state index contributed by atoms with van der Waals surface area (Å²) >= 11 is 0. The minimum Gasteiger partial charge on any atom is -0.337 e. The lowest BCUT2D eigenvalue weighted by atomic mass is 9.87. The number of aryl methyl sites for hydroxylation is 2. The van der Waals surface area contributed by atoms with E-state index in [1.807, 2.05) is 25.1 Å². The van der Waals surface area contributed by atoms with E-state index < -0.39 is 11.6 Å². The average Bonchev–Trinajstić information content (AvgIpc) is 3.10. The van der Waals surface area contributed by atoms with Gasteiger partial charge in [0, 0.05) is 18.2 Å². The molecule has 4 N–H and O–H groups in total. The number of hydrogen-bond donors (Lipinski definition) is 4. The molecule has 0 bridgehead atoms. The Morgan fingerprint density at radius 1 is 1.36 bits per heavy atom. The van der Waals surface area contributed by atoms with Crippen molar-refractivity contribution < 1.29 is 14.4 Å². The molecular weight excluding hydrogens is 320 g/mol. The first-order valence-corrected chi connectivity index (χ1v) is 8.72. The van der Waals surface area contributed by atoms with Gasteiger partial charge in [0.05, 0.1) is 0 Å². The minimum absolute atomic E-state index is 0.103. The van der Waals surface area contributed by atoms with Crippen LogP contribution < -0.4 is 21.3 Å². The molecule has 1 saturated carbocycles. The Kier molecular flexibility index (Phi) is 4.65. The molecule has 3 rings (SSSR count). The summed E-state index contributed by atoms with van der Waals surface area (Å²) in [7, 11) is 0. The van der Waals surface area contributed by atoms with Crippen LogP contribution in [0.5, 0.6) is 0 Å². The highest BCUT2D eigenvalue weighted by atomic mass is 16.2. The smallest absolute Gasteiger partial charge is 0.322 e. The molecular formula is C18H24N4O3. The highest BCUT2D eigenvalue weighted by molar-refractivity contribution is 6.07. The van der Waals surface area contributed by atoms with E-state index in [-0.39, 0.29) is 17.9 Å². The topological polar surface area (TPSA) is 99.3 Å². The number of carbonyl (C=O) groups excluding carboxylic acids is 3. The summed E-state index contributed by atoms with van der Waals surface area (Å²) in [5, 5.41) is 10.7. The van der Waals surface area contributed by atoms with Crippen LogP contribution in [0.25, 0.3) is 0 Å². The maximum Gasteiger partial charge on any atom is 0.322 e. The van der Waals surface area contributed by atoms with E-state index in [0.717, 1.165) is 24.9 Å². The van der Waals surface area contributed by atoms with Crippen LogP contribution in [-0.2, 0) is 11.2 Å². The van der Waals surface area contributed by atoms with Crippen molar-refractivity contribution in [2.45, 2.75) is 45.1 Å². The van der Waals surface area contributed by atoms with E-state index in [1.165, 1.54) is 11.1 Å². The lowest BCUT2D eigenvalue weighted by Crippen LogP contribution is -2.53. The fraction of sp³-hybridized carbons (Fsp3) is 0.500. The second-order valence-electron chi connectivity index (χ2n) is 6.80. The van der Waals surface area contributed by atoms with E-state index in [0.29, 0.717) is 13.0 Å². The molecule has 0 radical (unpaired) electrons. The Hall–Kier alpha value is -2.57. The van der Waals surface area contributed by atoms with Gasteiger partial charge in [-0.15, -0.1) is 0 Å². The number of urea groups is 2. The SMILES string of the molecule is CCc1cc(NC(=O)NC[C@@H]2CCC[C@]23NC(=O)NC3=O)ccc1C. The molecule has 2 atom stereocenters. The number of carbonyl (C=O) groups is 3. The molecule has 1 aromatic rings. The fourth-order valence-corrected chi connectivity index (χ4v) is 3.84. The monoisotopic (exact) mass is 344 g/mol.